The van der Waals surface area contributed by atoms with Gasteiger partial charge in [-0.25, -0.2) is 4.98 Å². The zero-order valence-corrected chi connectivity index (χ0v) is 13.2. The third-order valence-electron chi connectivity index (χ3n) is 3.95. The SMILES string of the molecule is COC(C)(C)Cc1cc(-c2ccncc2)nc2ccccc12. The van der Waals surface area contributed by atoms with E-state index in [4.69, 9.17) is 9.72 Å². The number of hydrogen-bond acceptors (Lipinski definition) is 3. The van der Waals surface area contributed by atoms with Gasteiger partial charge in [0.05, 0.1) is 16.8 Å². The molecule has 0 amide bonds. The smallest absolute Gasteiger partial charge is 0.0713 e. The van der Waals surface area contributed by atoms with Gasteiger partial charge >= 0.3 is 0 Å². The Morgan fingerprint density at radius 2 is 1.77 bits per heavy atom. The monoisotopic (exact) mass is 292 g/mol. The Balaban J connectivity index is 2.17. The van der Waals surface area contributed by atoms with Crippen LogP contribution in [0.2, 0.25) is 0 Å². The molecule has 3 rings (SSSR count). The van der Waals surface area contributed by atoms with Crippen molar-refractivity contribution < 1.29 is 4.74 Å². The van der Waals surface area contributed by atoms with Crippen LogP contribution < -0.4 is 0 Å². The second-order valence-corrected chi connectivity index (χ2v) is 6.06. The van der Waals surface area contributed by atoms with Crippen LogP contribution in [0.3, 0.4) is 0 Å². The fourth-order valence-corrected chi connectivity index (χ4v) is 2.60. The molecule has 2 aromatic heterocycles. The number of benzene rings is 1. The van der Waals surface area contributed by atoms with E-state index in [-0.39, 0.29) is 5.60 Å². The minimum atomic E-state index is -0.209. The van der Waals surface area contributed by atoms with Crippen LogP contribution in [0.25, 0.3) is 22.2 Å². The van der Waals surface area contributed by atoms with Crippen LogP contribution in [0, 0.1) is 0 Å². The standard InChI is InChI=1S/C19H20N2O/c1-19(2,22-3)13-15-12-18(14-8-10-20-11-9-14)21-17-7-5-4-6-16(15)17/h4-12H,13H2,1-3H3. The maximum Gasteiger partial charge on any atom is 0.0713 e. The first-order valence-electron chi connectivity index (χ1n) is 7.43. The first-order valence-corrected chi connectivity index (χ1v) is 7.43. The van der Waals surface area contributed by atoms with E-state index in [0.29, 0.717) is 0 Å². The van der Waals surface area contributed by atoms with Crippen molar-refractivity contribution in [3.8, 4) is 11.3 Å². The van der Waals surface area contributed by atoms with E-state index in [9.17, 15) is 0 Å². The van der Waals surface area contributed by atoms with Gasteiger partial charge in [0.15, 0.2) is 0 Å². The Morgan fingerprint density at radius 3 is 2.50 bits per heavy atom. The minimum absolute atomic E-state index is 0.209. The van der Waals surface area contributed by atoms with E-state index >= 15 is 0 Å². The van der Waals surface area contributed by atoms with E-state index in [0.717, 1.165) is 23.2 Å². The quantitative estimate of drug-likeness (QED) is 0.720. The van der Waals surface area contributed by atoms with Crippen LogP contribution in [-0.4, -0.2) is 22.7 Å². The summed E-state index contributed by atoms with van der Waals surface area (Å²) in [6.45, 7) is 4.21. The molecule has 0 saturated carbocycles. The fourth-order valence-electron chi connectivity index (χ4n) is 2.60. The lowest BCUT2D eigenvalue weighted by Crippen LogP contribution is -2.25. The van der Waals surface area contributed by atoms with Crippen molar-refractivity contribution >= 4 is 10.9 Å². The Kier molecular flexibility index (Phi) is 3.90. The topological polar surface area (TPSA) is 35.0 Å². The number of fused-ring (bicyclic) bond motifs is 1. The molecule has 1 aromatic carbocycles. The molecule has 3 aromatic rings. The van der Waals surface area contributed by atoms with Gasteiger partial charge in [0.2, 0.25) is 0 Å². The Hall–Kier alpha value is -2.26. The Labute approximate surface area is 131 Å². The molecule has 2 heterocycles. The fraction of sp³-hybridized carbons (Fsp3) is 0.263. The minimum Gasteiger partial charge on any atom is -0.378 e. The van der Waals surface area contributed by atoms with Crippen LogP contribution >= 0.6 is 0 Å². The molecule has 0 aliphatic rings. The molecule has 0 fully saturated rings. The molecule has 0 spiro atoms. The van der Waals surface area contributed by atoms with Crippen molar-refractivity contribution in [2.75, 3.05) is 7.11 Å². The van der Waals surface area contributed by atoms with Gasteiger partial charge in [0.1, 0.15) is 0 Å². The maximum absolute atomic E-state index is 5.61. The summed E-state index contributed by atoms with van der Waals surface area (Å²) in [7, 11) is 1.76. The molecule has 3 heteroatoms. The number of nitrogens with zero attached hydrogens (tertiary/aromatic N) is 2. The van der Waals surface area contributed by atoms with Gasteiger partial charge in [-0.05, 0) is 43.7 Å². The van der Waals surface area contributed by atoms with Gasteiger partial charge < -0.3 is 4.74 Å². The summed E-state index contributed by atoms with van der Waals surface area (Å²) in [4.78, 5) is 8.87. The number of hydrogen-bond donors (Lipinski definition) is 0. The number of pyridine rings is 2. The number of para-hydroxylation sites is 1. The third-order valence-corrected chi connectivity index (χ3v) is 3.95. The first-order chi connectivity index (χ1) is 10.6. The number of ether oxygens (including phenoxy) is 1. The van der Waals surface area contributed by atoms with Gasteiger partial charge in [-0.15, -0.1) is 0 Å². The highest BCUT2D eigenvalue weighted by molar-refractivity contribution is 5.85. The van der Waals surface area contributed by atoms with E-state index in [1.165, 1.54) is 10.9 Å². The lowest BCUT2D eigenvalue weighted by atomic mass is 9.94. The van der Waals surface area contributed by atoms with Crippen molar-refractivity contribution in [2.24, 2.45) is 0 Å². The van der Waals surface area contributed by atoms with Gasteiger partial charge in [0, 0.05) is 36.9 Å². The average molecular weight is 292 g/mol. The van der Waals surface area contributed by atoms with Crippen LogP contribution in [0.5, 0.6) is 0 Å². The normalized spacial score (nSPS) is 11.8. The van der Waals surface area contributed by atoms with Crippen molar-refractivity contribution in [3.63, 3.8) is 0 Å². The third kappa shape index (κ3) is 3.00. The molecule has 0 bridgehead atoms. The molecule has 0 aliphatic carbocycles. The summed E-state index contributed by atoms with van der Waals surface area (Å²) < 4.78 is 5.61. The van der Waals surface area contributed by atoms with Crippen molar-refractivity contribution in [1.29, 1.82) is 0 Å². The van der Waals surface area contributed by atoms with Crippen molar-refractivity contribution in [3.05, 3.63) is 60.4 Å². The average Bonchev–Trinajstić information content (AvgIpc) is 2.55. The largest absolute Gasteiger partial charge is 0.378 e. The van der Waals surface area contributed by atoms with Gasteiger partial charge in [-0.3, -0.25) is 4.98 Å². The van der Waals surface area contributed by atoms with Crippen molar-refractivity contribution in [2.45, 2.75) is 25.9 Å². The van der Waals surface area contributed by atoms with E-state index in [1.54, 1.807) is 19.5 Å². The van der Waals surface area contributed by atoms with Crippen LogP contribution in [0.4, 0.5) is 0 Å². The molecular formula is C19H20N2O. The predicted octanol–water partition coefficient (Wildman–Crippen LogP) is 4.26. The lowest BCUT2D eigenvalue weighted by molar-refractivity contribution is 0.0235. The summed E-state index contributed by atoms with van der Waals surface area (Å²) in [5.74, 6) is 0. The van der Waals surface area contributed by atoms with Crippen LogP contribution in [0.1, 0.15) is 19.4 Å². The Bertz CT molecular complexity index is 782. The summed E-state index contributed by atoms with van der Waals surface area (Å²) in [5, 5.41) is 1.19. The zero-order chi connectivity index (χ0) is 15.6. The van der Waals surface area contributed by atoms with Gasteiger partial charge in [-0.1, -0.05) is 18.2 Å². The second-order valence-electron chi connectivity index (χ2n) is 6.06. The summed E-state index contributed by atoms with van der Waals surface area (Å²) in [6.07, 6.45) is 4.43. The molecule has 0 N–H and O–H groups in total. The molecule has 0 aliphatic heterocycles. The van der Waals surface area contributed by atoms with Crippen molar-refractivity contribution in [1.82, 2.24) is 9.97 Å². The number of methoxy groups -OCH3 is 1. The summed E-state index contributed by atoms with van der Waals surface area (Å²) >= 11 is 0. The molecule has 22 heavy (non-hydrogen) atoms. The Morgan fingerprint density at radius 1 is 1.05 bits per heavy atom. The molecule has 0 radical (unpaired) electrons. The highest BCUT2D eigenvalue weighted by atomic mass is 16.5. The van der Waals surface area contributed by atoms with Crippen LogP contribution in [-0.2, 0) is 11.2 Å². The highest BCUT2D eigenvalue weighted by Gasteiger charge is 2.19. The van der Waals surface area contributed by atoms with E-state index in [1.807, 2.05) is 18.2 Å². The second kappa shape index (κ2) is 5.85. The zero-order valence-electron chi connectivity index (χ0n) is 13.2. The molecule has 3 nitrogen and oxygen atoms in total. The number of rotatable bonds is 4. The molecule has 112 valence electrons. The maximum atomic E-state index is 5.61. The first kappa shape index (κ1) is 14.7. The van der Waals surface area contributed by atoms with Gasteiger partial charge in [-0.2, -0.15) is 0 Å². The molecule has 0 atom stereocenters. The lowest BCUT2D eigenvalue weighted by Gasteiger charge is -2.24. The predicted molar refractivity (Wildman–Crippen MR) is 89.8 cm³/mol. The summed E-state index contributed by atoms with van der Waals surface area (Å²) in [5.41, 5.74) is 4.11. The molecule has 0 saturated heterocycles. The van der Waals surface area contributed by atoms with E-state index < -0.39 is 0 Å². The van der Waals surface area contributed by atoms with Gasteiger partial charge in [0.25, 0.3) is 0 Å². The number of aromatic nitrogens is 2. The molecule has 0 unspecified atom stereocenters. The summed E-state index contributed by atoms with van der Waals surface area (Å²) in [6, 6.07) is 14.4. The van der Waals surface area contributed by atoms with Crippen LogP contribution in [0.15, 0.2) is 54.9 Å². The molecular weight excluding hydrogens is 272 g/mol. The highest BCUT2D eigenvalue weighted by Crippen LogP contribution is 2.27. The van der Waals surface area contributed by atoms with E-state index in [2.05, 4.69) is 43.1 Å².